The predicted molar refractivity (Wildman–Crippen MR) is 122 cm³/mol. The first-order chi connectivity index (χ1) is 14.8. The van der Waals surface area contributed by atoms with Gasteiger partial charge in [0.1, 0.15) is 11.0 Å². The van der Waals surface area contributed by atoms with Gasteiger partial charge in [0.25, 0.3) is 0 Å². The number of ether oxygens (including phenoxy) is 1. The fourth-order valence-electron chi connectivity index (χ4n) is 3.54. The second-order valence-corrected chi connectivity index (χ2v) is 7.91. The molecule has 0 saturated carbocycles. The van der Waals surface area contributed by atoms with Crippen LogP contribution in [0.4, 0.5) is 17.2 Å². The number of fused-ring (bicyclic) bond motifs is 1. The molecule has 0 amide bonds. The van der Waals surface area contributed by atoms with Crippen molar-refractivity contribution in [3.8, 4) is 11.4 Å². The maximum Gasteiger partial charge on any atom is 0.162 e. The Labute approximate surface area is 178 Å². The topological polar surface area (TPSA) is 79.0 Å². The van der Waals surface area contributed by atoms with Crippen LogP contribution in [0.25, 0.3) is 22.4 Å². The minimum absolute atomic E-state index is 0.673. The zero-order chi connectivity index (χ0) is 20.3. The van der Waals surface area contributed by atoms with Gasteiger partial charge in [0.15, 0.2) is 11.6 Å². The molecular weight excluding hydrogens is 396 g/mol. The lowest BCUT2D eigenvalue weighted by molar-refractivity contribution is 0.122. The Balaban J connectivity index is 1.45. The molecule has 3 heterocycles. The number of rotatable bonds is 5. The van der Waals surface area contributed by atoms with Gasteiger partial charge in [-0.25, -0.2) is 9.97 Å². The monoisotopic (exact) mass is 418 g/mol. The Morgan fingerprint density at radius 1 is 1.07 bits per heavy atom. The summed E-state index contributed by atoms with van der Waals surface area (Å²) in [7, 11) is 0. The molecule has 0 radical (unpaired) electrons. The van der Waals surface area contributed by atoms with E-state index in [2.05, 4.69) is 68.1 Å². The minimum atomic E-state index is 0.673. The van der Waals surface area contributed by atoms with Crippen molar-refractivity contribution in [2.75, 3.05) is 42.8 Å². The normalized spacial score (nSPS) is 14.2. The van der Waals surface area contributed by atoms with Crippen molar-refractivity contribution in [3.63, 3.8) is 0 Å². The molecule has 7 nitrogen and oxygen atoms in total. The summed E-state index contributed by atoms with van der Waals surface area (Å²) in [6.07, 6.45) is 3.79. The number of thioether (sulfide) groups is 1. The van der Waals surface area contributed by atoms with Crippen molar-refractivity contribution >= 4 is 40.0 Å². The van der Waals surface area contributed by atoms with Gasteiger partial charge in [0, 0.05) is 34.9 Å². The minimum Gasteiger partial charge on any atom is -0.378 e. The maximum atomic E-state index is 5.44. The van der Waals surface area contributed by atoms with Crippen LogP contribution in [0.15, 0.2) is 59.6 Å². The number of anilines is 3. The Kier molecular flexibility index (Phi) is 5.25. The highest BCUT2D eigenvalue weighted by Crippen LogP contribution is 2.28. The first-order valence-electron chi connectivity index (χ1n) is 9.85. The molecule has 0 atom stereocenters. The smallest absolute Gasteiger partial charge is 0.162 e. The lowest BCUT2D eigenvalue weighted by Gasteiger charge is -2.28. The Hall–Kier alpha value is -3.10. The molecule has 8 heteroatoms. The average Bonchev–Trinajstić information content (AvgIpc) is 3.29. The highest BCUT2D eigenvalue weighted by molar-refractivity contribution is 7.98. The molecule has 2 N–H and O–H groups in total. The number of H-pyrrole nitrogens is 1. The van der Waals surface area contributed by atoms with E-state index < -0.39 is 0 Å². The third kappa shape index (κ3) is 3.83. The van der Waals surface area contributed by atoms with Gasteiger partial charge in [-0.1, -0.05) is 12.1 Å². The van der Waals surface area contributed by atoms with E-state index in [-0.39, 0.29) is 0 Å². The molecule has 2 aromatic carbocycles. The summed E-state index contributed by atoms with van der Waals surface area (Å²) in [5, 5.41) is 10.6. The van der Waals surface area contributed by atoms with E-state index in [1.807, 2.05) is 12.1 Å². The second kappa shape index (κ2) is 8.33. The van der Waals surface area contributed by atoms with E-state index >= 15 is 0 Å². The lowest BCUT2D eigenvalue weighted by Crippen LogP contribution is -2.36. The summed E-state index contributed by atoms with van der Waals surface area (Å²) < 4.78 is 5.44. The number of benzene rings is 2. The molecule has 1 aliphatic rings. The number of nitrogens with one attached hydrogen (secondary N) is 2. The fraction of sp³-hybridized carbons (Fsp3) is 0.227. The zero-order valence-corrected chi connectivity index (χ0v) is 17.4. The SMILES string of the molecule is CSc1cccc(-c2nc(Nc3ccc(N4CCOCC4)cc3)c3[nH]ncc3n2)c1. The Bertz CT molecular complexity index is 1150. The van der Waals surface area contributed by atoms with Crippen LogP contribution in [-0.4, -0.2) is 52.7 Å². The van der Waals surface area contributed by atoms with E-state index in [1.165, 1.54) is 10.6 Å². The fourth-order valence-corrected chi connectivity index (χ4v) is 3.99. The molecule has 30 heavy (non-hydrogen) atoms. The van der Waals surface area contributed by atoms with Crippen molar-refractivity contribution in [2.45, 2.75) is 4.90 Å². The average molecular weight is 419 g/mol. The molecule has 4 aromatic rings. The maximum absolute atomic E-state index is 5.44. The van der Waals surface area contributed by atoms with Crippen LogP contribution in [0.3, 0.4) is 0 Å². The van der Waals surface area contributed by atoms with Crippen molar-refractivity contribution in [1.82, 2.24) is 20.2 Å². The Morgan fingerprint density at radius 3 is 2.70 bits per heavy atom. The first kappa shape index (κ1) is 18.9. The van der Waals surface area contributed by atoms with Gasteiger partial charge in [-0.05, 0) is 42.7 Å². The molecule has 1 aliphatic heterocycles. The van der Waals surface area contributed by atoms with Crippen molar-refractivity contribution in [2.24, 2.45) is 0 Å². The van der Waals surface area contributed by atoms with Crippen LogP contribution in [0.1, 0.15) is 0 Å². The first-order valence-corrected chi connectivity index (χ1v) is 11.1. The van der Waals surface area contributed by atoms with Crippen LogP contribution in [0, 0.1) is 0 Å². The molecule has 1 saturated heterocycles. The molecule has 1 fully saturated rings. The quantitative estimate of drug-likeness (QED) is 0.467. The molecule has 0 spiro atoms. The number of hydrogen-bond donors (Lipinski definition) is 2. The summed E-state index contributed by atoms with van der Waals surface area (Å²) in [5.74, 6) is 1.38. The predicted octanol–water partition coefficient (Wildman–Crippen LogP) is 4.32. The molecule has 0 unspecified atom stereocenters. The summed E-state index contributed by atoms with van der Waals surface area (Å²) in [4.78, 5) is 13.0. The second-order valence-electron chi connectivity index (χ2n) is 7.03. The lowest BCUT2D eigenvalue weighted by atomic mass is 10.2. The van der Waals surface area contributed by atoms with Crippen LogP contribution in [0.2, 0.25) is 0 Å². The van der Waals surface area contributed by atoms with Crippen molar-refractivity contribution in [3.05, 3.63) is 54.7 Å². The van der Waals surface area contributed by atoms with Gasteiger partial charge in [-0.3, -0.25) is 5.10 Å². The Morgan fingerprint density at radius 2 is 1.90 bits per heavy atom. The number of aromatic amines is 1. The number of nitrogens with zero attached hydrogens (tertiary/aromatic N) is 4. The highest BCUT2D eigenvalue weighted by atomic mass is 32.2. The van der Waals surface area contributed by atoms with E-state index in [1.54, 1.807) is 18.0 Å². The number of morpholine rings is 1. The summed E-state index contributed by atoms with van der Waals surface area (Å²) in [5.41, 5.74) is 4.72. The third-order valence-corrected chi connectivity index (χ3v) is 5.86. The van der Waals surface area contributed by atoms with Gasteiger partial charge < -0.3 is 15.0 Å². The van der Waals surface area contributed by atoms with Gasteiger partial charge >= 0.3 is 0 Å². The summed E-state index contributed by atoms with van der Waals surface area (Å²) in [6.45, 7) is 3.40. The number of aromatic nitrogens is 4. The number of hydrogen-bond acceptors (Lipinski definition) is 7. The molecule has 2 aromatic heterocycles. The summed E-state index contributed by atoms with van der Waals surface area (Å²) in [6, 6.07) is 16.6. The van der Waals surface area contributed by atoms with Crippen LogP contribution < -0.4 is 10.2 Å². The van der Waals surface area contributed by atoms with Crippen LogP contribution in [-0.2, 0) is 4.74 Å². The van der Waals surface area contributed by atoms with Gasteiger partial charge in [-0.2, -0.15) is 5.10 Å². The largest absolute Gasteiger partial charge is 0.378 e. The molecule has 0 aliphatic carbocycles. The van der Waals surface area contributed by atoms with Crippen molar-refractivity contribution in [1.29, 1.82) is 0 Å². The van der Waals surface area contributed by atoms with Gasteiger partial charge in [-0.15, -0.1) is 11.8 Å². The molecule has 152 valence electrons. The van der Waals surface area contributed by atoms with E-state index in [0.29, 0.717) is 11.6 Å². The molecule has 0 bridgehead atoms. The van der Waals surface area contributed by atoms with E-state index in [9.17, 15) is 0 Å². The van der Waals surface area contributed by atoms with Crippen LogP contribution >= 0.6 is 11.8 Å². The molecule has 5 rings (SSSR count). The van der Waals surface area contributed by atoms with Crippen LogP contribution in [0.5, 0.6) is 0 Å². The van der Waals surface area contributed by atoms with Crippen molar-refractivity contribution < 1.29 is 4.74 Å². The van der Waals surface area contributed by atoms with Gasteiger partial charge in [0.2, 0.25) is 0 Å². The highest BCUT2D eigenvalue weighted by Gasteiger charge is 2.13. The standard InChI is InChI=1S/C22H22N6OS/c1-30-18-4-2-3-15(13-18)21-25-19-14-23-27-20(19)22(26-21)24-16-5-7-17(8-6-16)28-9-11-29-12-10-28/h2-8,13-14H,9-12H2,1H3,(H,23,27)(H,24,25,26). The molecular formula is C22H22N6OS. The summed E-state index contributed by atoms with van der Waals surface area (Å²) >= 11 is 1.70. The third-order valence-electron chi connectivity index (χ3n) is 5.13. The van der Waals surface area contributed by atoms with E-state index in [0.717, 1.165) is 48.6 Å². The van der Waals surface area contributed by atoms with E-state index in [4.69, 9.17) is 9.72 Å². The zero-order valence-electron chi connectivity index (χ0n) is 16.6. The van der Waals surface area contributed by atoms with Gasteiger partial charge in [0.05, 0.1) is 19.4 Å².